The minimum absolute atomic E-state index is 0.499. The number of hydrogen-bond donors (Lipinski definition) is 1. The van der Waals surface area contributed by atoms with Crippen LogP contribution in [0.15, 0.2) is 36.5 Å². The van der Waals surface area contributed by atoms with E-state index in [-0.39, 0.29) is 0 Å². The van der Waals surface area contributed by atoms with Gasteiger partial charge in [0.2, 0.25) is 5.88 Å². The van der Waals surface area contributed by atoms with E-state index in [9.17, 15) is 0 Å². The van der Waals surface area contributed by atoms with E-state index in [1.54, 1.807) is 20.4 Å². The summed E-state index contributed by atoms with van der Waals surface area (Å²) >= 11 is 0. The molecule has 1 atom stereocenters. The third-order valence-corrected chi connectivity index (χ3v) is 4.26. The van der Waals surface area contributed by atoms with Crippen LogP contribution in [0.5, 0.6) is 11.6 Å². The number of hydrogen-bond acceptors (Lipinski definition) is 4. The first-order valence-corrected chi connectivity index (χ1v) is 7.67. The Bertz CT molecular complexity index is 643. The van der Waals surface area contributed by atoms with Crippen LogP contribution in [0, 0.1) is 0 Å². The maximum atomic E-state index is 5.46. The van der Waals surface area contributed by atoms with Gasteiger partial charge < -0.3 is 14.8 Å². The molecule has 1 aromatic heterocycles. The lowest BCUT2D eigenvalue weighted by Crippen LogP contribution is -2.34. The van der Waals surface area contributed by atoms with Crippen molar-refractivity contribution >= 4 is 0 Å². The van der Waals surface area contributed by atoms with Crippen LogP contribution in [0.4, 0.5) is 0 Å². The van der Waals surface area contributed by atoms with Gasteiger partial charge in [0.15, 0.2) is 0 Å². The third kappa shape index (κ3) is 3.22. The van der Waals surface area contributed by atoms with Gasteiger partial charge in [0, 0.05) is 24.8 Å². The Labute approximate surface area is 131 Å². The molecular weight excluding hydrogens is 276 g/mol. The van der Waals surface area contributed by atoms with Gasteiger partial charge in [-0.3, -0.25) is 0 Å². The molecule has 0 aliphatic heterocycles. The maximum Gasteiger partial charge on any atom is 0.213 e. The molecule has 1 aliphatic rings. The first-order valence-electron chi connectivity index (χ1n) is 7.67. The van der Waals surface area contributed by atoms with Crippen LogP contribution in [0.1, 0.15) is 23.1 Å². The standard InChI is InChI=1S/C18H22N2O2/c1-21-17-5-3-4-14-11-15(6-7-16(14)17)20-12-13-8-9-19-18(10-13)22-2/h3-5,8-10,15,20H,6-7,11-12H2,1-2H3/t15-/m0/s1. The Kier molecular flexibility index (Phi) is 4.59. The van der Waals surface area contributed by atoms with Crippen LogP contribution in [0.2, 0.25) is 0 Å². The number of pyridine rings is 1. The lowest BCUT2D eigenvalue weighted by Gasteiger charge is -2.27. The highest BCUT2D eigenvalue weighted by atomic mass is 16.5. The largest absolute Gasteiger partial charge is 0.496 e. The van der Waals surface area contributed by atoms with E-state index >= 15 is 0 Å². The van der Waals surface area contributed by atoms with Gasteiger partial charge in [-0.15, -0.1) is 0 Å². The fraction of sp³-hybridized carbons (Fsp3) is 0.389. The number of rotatable bonds is 5. The van der Waals surface area contributed by atoms with Gasteiger partial charge in [0.05, 0.1) is 14.2 Å². The highest BCUT2D eigenvalue weighted by Gasteiger charge is 2.20. The zero-order chi connectivity index (χ0) is 15.4. The Morgan fingerprint density at radius 3 is 2.95 bits per heavy atom. The quantitative estimate of drug-likeness (QED) is 0.922. The molecule has 116 valence electrons. The zero-order valence-corrected chi connectivity index (χ0v) is 13.1. The molecule has 0 radical (unpaired) electrons. The highest BCUT2D eigenvalue weighted by molar-refractivity contribution is 5.42. The number of benzene rings is 1. The van der Waals surface area contributed by atoms with Crippen molar-refractivity contribution < 1.29 is 9.47 Å². The van der Waals surface area contributed by atoms with Crippen molar-refractivity contribution in [2.75, 3.05) is 14.2 Å². The molecule has 4 heteroatoms. The SMILES string of the molecule is COc1cc(CN[C@H]2CCc3c(cccc3OC)C2)ccn1. The van der Waals surface area contributed by atoms with Crippen molar-refractivity contribution in [2.45, 2.75) is 31.8 Å². The van der Waals surface area contributed by atoms with Crippen LogP contribution >= 0.6 is 0 Å². The fourth-order valence-corrected chi connectivity index (χ4v) is 3.07. The van der Waals surface area contributed by atoms with Crippen molar-refractivity contribution in [3.05, 3.63) is 53.2 Å². The summed E-state index contributed by atoms with van der Waals surface area (Å²) in [5.74, 6) is 1.69. The van der Waals surface area contributed by atoms with Crippen molar-refractivity contribution in [2.24, 2.45) is 0 Å². The molecule has 0 fully saturated rings. The summed E-state index contributed by atoms with van der Waals surface area (Å²) < 4.78 is 10.6. The molecular formula is C18H22N2O2. The monoisotopic (exact) mass is 298 g/mol. The predicted octanol–water partition coefficient (Wildman–Crippen LogP) is 2.75. The number of nitrogens with one attached hydrogen (secondary N) is 1. The van der Waals surface area contributed by atoms with Crippen LogP contribution in [-0.4, -0.2) is 25.2 Å². The van der Waals surface area contributed by atoms with Crippen LogP contribution in [0.25, 0.3) is 0 Å². The van der Waals surface area contributed by atoms with E-state index < -0.39 is 0 Å². The van der Waals surface area contributed by atoms with Gasteiger partial charge in [-0.1, -0.05) is 12.1 Å². The molecule has 0 saturated heterocycles. The third-order valence-electron chi connectivity index (χ3n) is 4.26. The first-order chi connectivity index (χ1) is 10.8. The molecule has 1 aromatic carbocycles. The normalized spacial score (nSPS) is 16.9. The molecule has 0 spiro atoms. The summed E-state index contributed by atoms with van der Waals surface area (Å²) in [7, 11) is 3.39. The van der Waals surface area contributed by atoms with Crippen LogP contribution in [-0.2, 0) is 19.4 Å². The predicted molar refractivity (Wildman–Crippen MR) is 86.4 cm³/mol. The molecule has 0 unspecified atom stereocenters. The van der Waals surface area contributed by atoms with Gasteiger partial charge in [0.25, 0.3) is 0 Å². The number of fused-ring (bicyclic) bond motifs is 1. The number of nitrogens with zero attached hydrogens (tertiary/aromatic N) is 1. The zero-order valence-electron chi connectivity index (χ0n) is 13.1. The van der Waals surface area contributed by atoms with Gasteiger partial charge in [-0.05, 0) is 48.1 Å². The Hall–Kier alpha value is -2.07. The maximum absolute atomic E-state index is 5.46. The van der Waals surface area contributed by atoms with Crippen LogP contribution in [0.3, 0.4) is 0 Å². The molecule has 1 aliphatic carbocycles. The Morgan fingerprint density at radius 1 is 1.23 bits per heavy atom. The van der Waals surface area contributed by atoms with Gasteiger partial charge >= 0.3 is 0 Å². The summed E-state index contributed by atoms with van der Waals surface area (Å²) in [5, 5.41) is 3.64. The lowest BCUT2D eigenvalue weighted by atomic mass is 9.87. The average Bonchev–Trinajstić information content (AvgIpc) is 2.59. The summed E-state index contributed by atoms with van der Waals surface area (Å²) in [4.78, 5) is 4.14. The molecule has 0 bridgehead atoms. The van der Waals surface area contributed by atoms with Crippen molar-refractivity contribution in [1.29, 1.82) is 0 Å². The van der Waals surface area contributed by atoms with Gasteiger partial charge in [-0.2, -0.15) is 0 Å². The van der Waals surface area contributed by atoms with E-state index in [0.29, 0.717) is 11.9 Å². The molecule has 0 saturated carbocycles. The number of aromatic nitrogens is 1. The van der Waals surface area contributed by atoms with E-state index in [1.165, 1.54) is 16.7 Å². The molecule has 0 amide bonds. The second-order valence-electron chi connectivity index (χ2n) is 5.63. The summed E-state index contributed by atoms with van der Waals surface area (Å²) in [6, 6.07) is 10.8. The molecule has 2 aromatic rings. The van der Waals surface area contributed by atoms with Crippen molar-refractivity contribution in [1.82, 2.24) is 10.3 Å². The molecule has 1 N–H and O–H groups in total. The second kappa shape index (κ2) is 6.79. The topological polar surface area (TPSA) is 43.4 Å². The lowest BCUT2D eigenvalue weighted by molar-refractivity contribution is 0.393. The van der Waals surface area contributed by atoms with E-state index in [0.717, 1.165) is 31.6 Å². The Balaban J connectivity index is 1.63. The number of ether oxygens (including phenoxy) is 2. The summed E-state index contributed by atoms with van der Waals surface area (Å²) in [6.07, 6.45) is 5.04. The number of methoxy groups -OCH3 is 2. The first kappa shape index (κ1) is 14.9. The second-order valence-corrected chi connectivity index (χ2v) is 5.63. The summed E-state index contributed by atoms with van der Waals surface area (Å²) in [5.41, 5.74) is 3.97. The van der Waals surface area contributed by atoms with Gasteiger partial charge in [0.1, 0.15) is 5.75 Å². The minimum Gasteiger partial charge on any atom is -0.496 e. The van der Waals surface area contributed by atoms with E-state index in [4.69, 9.17) is 9.47 Å². The smallest absolute Gasteiger partial charge is 0.213 e. The van der Waals surface area contributed by atoms with E-state index in [2.05, 4.69) is 28.5 Å². The van der Waals surface area contributed by atoms with Gasteiger partial charge in [-0.25, -0.2) is 4.98 Å². The fourth-order valence-electron chi connectivity index (χ4n) is 3.07. The Morgan fingerprint density at radius 2 is 2.14 bits per heavy atom. The van der Waals surface area contributed by atoms with Crippen molar-refractivity contribution in [3.8, 4) is 11.6 Å². The molecule has 4 nitrogen and oxygen atoms in total. The minimum atomic E-state index is 0.499. The molecule has 3 rings (SSSR count). The molecule has 1 heterocycles. The highest BCUT2D eigenvalue weighted by Crippen LogP contribution is 2.29. The molecule has 22 heavy (non-hydrogen) atoms. The van der Waals surface area contributed by atoms with E-state index in [1.807, 2.05) is 12.1 Å². The van der Waals surface area contributed by atoms with Crippen LogP contribution < -0.4 is 14.8 Å². The van der Waals surface area contributed by atoms with Crippen molar-refractivity contribution in [3.63, 3.8) is 0 Å². The summed E-state index contributed by atoms with van der Waals surface area (Å²) in [6.45, 7) is 0.836. The average molecular weight is 298 g/mol.